The number of hydrogen-bond donors (Lipinski definition) is 2. The standard InChI is InChI=1S/C21H22ClFN2O4/c1-13(26)24-18(11-14-6-5-8-16(23)10-14)20(27)25-19(21(28)29-2)12-15-7-3-4-9-17(15)22/h3-10,18-19H,11-12H2,1-2H3,(H,24,26)(H,25,27)/t18-,19+/m0/s1. The van der Waals surface area contributed by atoms with E-state index in [2.05, 4.69) is 10.6 Å². The van der Waals surface area contributed by atoms with Gasteiger partial charge in [0.25, 0.3) is 0 Å². The predicted molar refractivity (Wildman–Crippen MR) is 107 cm³/mol. The highest BCUT2D eigenvalue weighted by Gasteiger charge is 2.27. The maximum Gasteiger partial charge on any atom is 0.328 e. The highest BCUT2D eigenvalue weighted by atomic mass is 35.5. The molecular weight excluding hydrogens is 399 g/mol. The molecule has 6 nitrogen and oxygen atoms in total. The summed E-state index contributed by atoms with van der Waals surface area (Å²) in [5.74, 6) is -2.12. The Morgan fingerprint density at radius 3 is 2.38 bits per heavy atom. The van der Waals surface area contributed by atoms with Gasteiger partial charge in [-0.3, -0.25) is 9.59 Å². The number of carbonyl (C=O) groups excluding carboxylic acids is 3. The van der Waals surface area contributed by atoms with Crippen LogP contribution in [-0.4, -0.2) is 37.0 Å². The van der Waals surface area contributed by atoms with Crippen molar-refractivity contribution in [2.45, 2.75) is 31.8 Å². The van der Waals surface area contributed by atoms with E-state index in [1.54, 1.807) is 30.3 Å². The number of esters is 1. The van der Waals surface area contributed by atoms with E-state index in [4.69, 9.17) is 16.3 Å². The van der Waals surface area contributed by atoms with Gasteiger partial charge in [0.15, 0.2) is 0 Å². The third-order valence-corrected chi connectivity index (χ3v) is 4.58. The lowest BCUT2D eigenvalue weighted by molar-refractivity contribution is -0.145. The molecular formula is C21H22ClFN2O4. The molecule has 2 atom stereocenters. The van der Waals surface area contributed by atoms with Crippen LogP contribution in [-0.2, 0) is 32.0 Å². The summed E-state index contributed by atoms with van der Waals surface area (Å²) in [4.78, 5) is 36.6. The van der Waals surface area contributed by atoms with Gasteiger partial charge in [0.2, 0.25) is 11.8 Å². The second-order valence-corrected chi connectivity index (χ2v) is 6.87. The smallest absolute Gasteiger partial charge is 0.328 e. The van der Waals surface area contributed by atoms with E-state index in [0.29, 0.717) is 16.1 Å². The number of hydrogen-bond acceptors (Lipinski definition) is 4. The molecule has 154 valence electrons. The minimum Gasteiger partial charge on any atom is -0.467 e. The number of halogens is 2. The Morgan fingerprint density at radius 1 is 1.03 bits per heavy atom. The first-order valence-electron chi connectivity index (χ1n) is 8.93. The van der Waals surface area contributed by atoms with Crippen LogP contribution >= 0.6 is 11.6 Å². The quantitative estimate of drug-likeness (QED) is 0.642. The van der Waals surface area contributed by atoms with Gasteiger partial charge in [0.1, 0.15) is 17.9 Å². The molecule has 0 aliphatic heterocycles. The van der Waals surface area contributed by atoms with E-state index in [1.807, 2.05) is 0 Å². The van der Waals surface area contributed by atoms with Gasteiger partial charge in [-0.25, -0.2) is 9.18 Å². The van der Waals surface area contributed by atoms with Crippen molar-refractivity contribution in [3.8, 4) is 0 Å². The van der Waals surface area contributed by atoms with Crippen LogP contribution in [0.5, 0.6) is 0 Å². The number of amides is 2. The lowest BCUT2D eigenvalue weighted by Crippen LogP contribution is -2.53. The van der Waals surface area contributed by atoms with Crippen molar-refractivity contribution in [2.75, 3.05) is 7.11 Å². The summed E-state index contributed by atoms with van der Waals surface area (Å²) in [5, 5.41) is 5.59. The zero-order valence-electron chi connectivity index (χ0n) is 16.1. The normalized spacial score (nSPS) is 12.6. The largest absolute Gasteiger partial charge is 0.467 e. The summed E-state index contributed by atoms with van der Waals surface area (Å²) in [6.07, 6.45) is 0.175. The van der Waals surface area contributed by atoms with Crippen LogP contribution in [0.15, 0.2) is 48.5 Å². The molecule has 0 radical (unpaired) electrons. The van der Waals surface area contributed by atoms with Gasteiger partial charge in [0, 0.05) is 24.8 Å². The summed E-state index contributed by atoms with van der Waals surface area (Å²) in [7, 11) is 1.21. The molecule has 0 bridgehead atoms. The van der Waals surface area contributed by atoms with Crippen LogP contribution in [0.3, 0.4) is 0 Å². The van der Waals surface area contributed by atoms with Crippen molar-refractivity contribution < 1.29 is 23.5 Å². The zero-order valence-corrected chi connectivity index (χ0v) is 16.8. The topological polar surface area (TPSA) is 84.5 Å². The fraction of sp³-hybridized carbons (Fsp3) is 0.286. The summed E-state index contributed by atoms with van der Waals surface area (Å²) < 4.78 is 18.2. The van der Waals surface area contributed by atoms with Crippen molar-refractivity contribution in [2.24, 2.45) is 0 Å². The van der Waals surface area contributed by atoms with Crippen LogP contribution < -0.4 is 10.6 Å². The van der Waals surface area contributed by atoms with Crippen LogP contribution in [0.2, 0.25) is 5.02 Å². The molecule has 0 saturated heterocycles. The molecule has 0 spiro atoms. The van der Waals surface area contributed by atoms with Gasteiger partial charge < -0.3 is 15.4 Å². The van der Waals surface area contributed by atoms with E-state index in [9.17, 15) is 18.8 Å². The SMILES string of the molecule is COC(=O)[C@@H](Cc1ccccc1Cl)NC(=O)[C@H](Cc1cccc(F)c1)NC(C)=O. The van der Waals surface area contributed by atoms with Crippen LogP contribution in [0.4, 0.5) is 4.39 Å². The zero-order chi connectivity index (χ0) is 21.4. The third kappa shape index (κ3) is 6.87. The first-order chi connectivity index (χ1) is 13.8. The second-order valence-electron chi connectivity index (χ2n) is 6.47. The average molecular weight is 421 g/mol. The molecule has 2 aromatic rings. The highest BCUT2D eigenvalue weighted by Crippen LogP contribution is 2.17. The number of rotatable bonds is 8. The minimum atomic E-state index is -1.00. The Kier molecular flexibility index (Phi) is 8.15. The molecule has 8 heteroatoms. The van der Waals surface area contributed by atoms with E-state index < -0.39 is 35.7 Å². The van der Waals surface area contributed by atoms with Gasteiger partial charge in [-0.1, -0.05) is 41.9 Å². The number of methoxy groups -OCH3 is 1. The molecule has 2 N–H and O–H groups in total. The van der Waals surface area contributed by atoms with Crippen LogP contribution in [0.25, 0.3) is 0 Å². The Morgan fingerprint density at radius 2 is 1.76 bits per heavy atom. The van der Waals surface area contributed by atoms with E-state index in [-0.39, 0.29) is 12.8 Å². The summed E-state index contributed by atoms with van der Waals surface area (Å²) in [6, 6.07) is 10.7. The summed E-state index contributed by atoms with van der Waals surface area (Å²) >= 11 is 6.15. The Hall–Kier alpha value is -2.93. The van der Waals surface area contributed by atoms with Crippen LogP contribution in [0, 0.1) is 5.82 Å². The van der Waals surface area contributed by atoms with Crippen molar-refractivity contribution in [1.82, 2.24) is 10.6 Å². The lowest BCUT2D eigenvalue weighted by atomic mass is 10.0. The third-order valence-electron chi connectivity index (χ3n) is 4.21. The molecule has 2 aromatic carbocycles. The Bertz CT molecular complexity index is 890. The highest BCUT2D eigenvalue weighted by molar-refractivity contribution is 6.31. The molecule has 0 saturated carbocycles. The molecule has 0 unspecified atom stereocenters. The summed E-state index contributed by atoms with van der Waals surface area (Å²) in [5.41, 5.74) is 1.19. The van der Waals surface area contributed by atoms with Gasteiger partial charge in [-0.05, 0) is 29.3 Å². The van der Waals surface area contributed by atoms with Crippen molar-refractivity contribution in [1.29, 1.82) is 0 Å². The first kappa shape index (κ1) is 22.4. The Balaban J connectivity index is 2.19. The molecule has 0 aromatic heterocycles. The molecule has 2 amide bonds. The van der Waals surface area contributed by atoms with E-state index in [1.165, 1.54) is 32.2 Å². The lowest BCUT2D eigenvalue weighted by Gasteiger charge is -2.22. The maximum atomic E-state index is 13.5. The fourth-order valence-corrected chi connectivity index (χ4v) is 3.06. The fourth-order valence-electron chi connectivity index (χ4n) is 2.85. The second kappa shape index (κ2) is 10.6. The Labute approximate surface area is 173 Å². The van der Waals surface area contributed by atoms with Gasteiger partial charge in [-0.15, -0.1) is 0 Å². The van der Waals surface area contributed by atoms with Gasteiger partial charge in [0.05, 0.1) is 7.11 Å². The van der Waals surface area contributed by atoms with Crippen LogP contribution in [0.1, 0.15) is 18.1 Å². The molecule has 29 heavy (non-hydrogen) atoms. The number of ether oxygens (including phenoxy) is 1. The maximum absolute atomic E-state index is 13.5. The van der Waals surface area contributed by atoms with Crippen molar-refractivity contribution >= 4 is 29.4 Å². The number of benzene rings is 2. The first-order valence-corrected chi connectivity index (χ1v) is 9.31. The van der Waals surface area contributed by atoms with E-state index in [0.717, 1.165) is 0 Å². The molecule has 0 fully saturated rings. The molecule has 0 aliphatic rings. The van der Waals surface area contributed by atoms with E-state index >= 15 is 0 Å². The van der Waals surface area contributed by atoms with Gasteiger partial charge >= 0.3 is 5.97 Å². The summed E-state index contributed by atoms with van der Waals surface area (Å²) in [6.45, 7) is 1.27. The predicted octanol–water partition coefficient (Wildman–Crippen LogP) is 2.43. The molecule has 0 heterocycles. The average Bonchev–Trinajstić information content (AvgIpc) is 2.67. The van der Waals surface area contributed by atoms with Gasteiger partial charge in [-0.2, -0.15) is 0 Å². The molecule has 0 aliphatic carbocycles. The minimum absolute atomic E-state index is 0.0587. The monoisotopic (exact) mass is 420 g/mol. The number of nitrogens with one attached hydrogen (secondary N) is 2. The molecule has 2 rings (SSSR count). The van der Waals surface area contributed by atoms with Crippen molar-refractivity contribution in [3.63, 3.8) is 0 Å². The van der Waals surface area contributed by atoms with Crippen molar-refractivity contribution in [3.05, 3.63) is 70.5 Å². The number of carbonyl (C=O) groups is 3.